The summed E-state index contributed by atoms with van der Waals surface area (Å²) in [5.41, 5.74) is 0.602. The van der Waals surface area contributed by atoms with Gasteiger partial charge in [-0.05, 0) is 50.2 Å². The summed E-state index contributed by atoms with van der Waals surface area (Å²) in [6.07, 6.45) is 1.69. The number of nitriles is 1. The molecule has 3 nitrogen and oxygen atoms in total. The van der Waals surface area contributed by atoms with Gasteiger partial charge in [0.25, 0.3) is 0 Å². The van der Waals surface area contributed by atoms with Crippen LogP contribution in [0, 0.1) is 11.3 Å². The van der Waals surface area contributed by atoms with E-state index >= 15 is 0 Å². The Bertz CT molecular complexity index is 388. The van der Waals surface area contributed by atoms with Gasteiger partial charge in [0.05, 0.1) is 6.07 Å². The summed E-state index contributed by atoms with van der Waals surface area (Å²) in [6, 6.07) is 10.4. The van der Waals surface area contributed by atoms with Gasteiger partial charge in [-0.3, -0.25) is 0 Å². The minimum Gasteiger partial charge on any atom is -0.367 e. The first-order valence-electron chi connectivity index (χ1n) is 5.40. The molecule has 4 heteroatoms. The van der Waals surface area contributed by atoms with E-state index in [-0.39, 0.29) is 0 Å². The Morgan fingerprint density at radius 3 is 2.44 bits per heavy atom. The molecule has 2 N–H and O–H groups in total. The highest BCUT2D eigenvalue weighted by molar-refractivity contribution is 9.10. The number of hydrogen-bond acceptors (Lipinski definition) is 3. The molecule has 1 fully saturated rings. The van der Waals surface area contributed by atoms with E-state index in [1.165, 1.54) is 0 Å². The maximum Gasteiger partial charge on any atom is 0.127 e. The van der Waals surface area contributed by atoms with Gasteiger partial charge < -0.3 is 10.6 Å². The predicted molar refractivity (Wildman–Crippen MR) is 68.2 cm³/mol. The molecule has 0 unspecified atom stereocenters. The lowest BCUT2D eigenvalue weighted by Gasteiger charge is -2.33. The van der Waals surface area contributed by atoms with Crippen molar-refractivity contribution in [2.75, 3.05) is 18.4 Å². The van der Waals surface area contributed by atoms with E-state index in [1.807, 2.05) is 24.3 Å². The molecule has 0 saturated carbocycles. The van der Waals surface area contributed by atoms with Gasteiger partial charge in [-0.1, -0.05) is 15.9 Å². The van der Waals surface area contributed by atoms with Gasteiger partial charge >= 0.3 is 0 Å². The summed E-state index contributed by atoms with van der Waals surface area (Å²) in [4.78, 5) is 0. The van der Waals surface area contributed by atoms with Gasteiger partial charge in [-0.25, -0.2) is 0 Å². The molecule has 1 aromatic carbocycles. The normalized spacial score (nSPS) is 18.8. The molecule has 0 radical (unpaired) electrons. The fraction of sp³-hybridized carbons (Fsp3) is 0.417. The van der Waals surface area contributed by atoms with Crippen LogP contribution in [0.5, 0.6) is 0 Å². The summed E-state index contributed by atoms with van der Waals surface area (Å²) in [5, 5.41) is 15.9. The molecule has 2 rings (SSSR count). The second kappa shape index (κ2) is 4.86. The van der Waals surface area contributed by atoms with Gasteiger partial charge in [0.2, 0.25) is 0 Å². The van der Waals surface area contributed by atoms with Gasteiger partial charge in [0.1, 0.15) is 5.54 Å². The second-order valence-corrected chi connectivity index (χ2v) is 4.99. The fourth-order valence-corrected chi connectivity index (χ4v) is 2.19. The number of nitrogens with zero attached hydrogens (tertiary/aromatic N) is 1. The Morgan fingerprint density at radius 1 is 1.25 bits per heavy atom. The molecule has 1 saturated heterocycles. The Balaban J connectivity index is 2.12. The zero-order chi connectivity index (χ0) is 11.4. The number of hydrogen-bond donors (Lipinski definition) is 2. The number of benzene rings is 1. The van der Waals surface area contributed by atoms with E-state index in [0.717, 1.165) is 36.1 Å². The zero-order valence-corrected chi connectivity index (χ0v) is 10.5. The van der Waals surface area contributed by atoms with Crippen molar-refractivity contribution >= 4 is 21.6 Å². The highest BCUT2D eigenvalue weighted by Gasteiger charge is 2.31. The quantitative estimate of drug-likeness (QED) is 0.875. The van der Waals surface area contributed by atoms with Crippen LogP contribution in [-0.4, -0.2) is 18.6 Å². The molecule has 1 aromatic rings. The van der Waals surface area contributed by atoms with Crippen LogP contribution >= 0.6 is 15.9 Å². The molecule has 0 spiro atoms. The Hall–Kier alpha value is -1.05. The largest absolute Gasteiger partial charge is 0.367 e. The third-order valence-corrected chi connectivity index (χ3v) is 3.43. The van der Waals surface area contributed by atoms with E-state index in [9.17, 15) is 5.26 Å². The summed E-state index contributed by atoms with van der Waals surface area (Å²) in [6.45, 7) is 1.80. The van der Waals surface area contributed by atoms with Crippen molar-refractivity contribution in [1.82, 2.24) is 5.32 Å². The van der Waals surface area contributed by atoms with Crippen LogP contribution in [0.4, 0.5) is 5.69 Å². The molecule has 0 bridgehead atoms. The molecule has 0 amide bonds. The minimum atomic E-state index is -0.404. The first-order valence-corrected chi connectivity index (χ1v) is 6.19. The summed E-state index contributed by atoms with van der Waals surface area (Å²) in [5.74, 6) is 0. The van der Waals surface area contributed by atoms with E-state index < -0.39 is 5.54 Å². The Morgan fingerprint density at radius 2 is 1.88 bits per heavy atom. The van der Waals surface area contributed by atoms with Crippen molar-refractivity contribution in [2.45, 2.75) is 18.4 Å². The number of nitrogens with one attached hydrogen (secondary N) is 2. The molecule has 0 atom stereocenters. The van der Waals surface area contributed by atoms with Crippen LogP contribution in [-0.2, 0) is 0 Å². The van der Waals surface area contributed by atoms with Crippen molar-refractivity contribution in [1.29, 1.82) is 5.26 Å². The van der Waals surface area contributed by atoms with E-state index in [1.54, 1.807) is 0 Å². The number of piperidine rings is 1. The van der Waals surface area contributed by atoms with Crippen molar-refractivity contribution in [3.8, 4) is 6.07 Å². The van der Waals surface area contributed by atoms with Gasteiger partial charge in [0, 0.05) is 10.2 Å². The Labute approximate surface area is 104 Å². The van der Waals surface area contributed by atoms with Crippen molar-refractivity contribution < 1.29 is 0 Å². The van der Waals surface area contributed by atoms with Crippen LogP contribution in [0.25, 0.3) is 0 Å². The van der Waals surface area contributed by atoms with Crippen LogP contribution in [0.3, 0.4) is 0 Å². The van der Waals surface area contributed by atoms with Crippen LogP contribution in [0.1, 0.15) is 12.8 Å². The lowest BCUT2D eigenvalue weighted by atomic mass is 9.89. The average Bonchev–Trinajstić information content (AvgIpc) is 2.33. The van der Waals surface area contributed by atoms with Crippen LogP contribution in [0.2, 0.25) is 0 Å². The van der Waals surface area contributed by atoms with Crippen LogP contribution < -0.4 is 10.6 Å². The third kappa shape index (κ3) is 2.55. The smallest absolute Gasteiger partial charge is 0.127 e. The third-order valence-electron chi connectivity index (χ3n) is 2.90. The van der Waals surface area contributed by atoms with Crippen molar-refractivity contribution in [2.24, 2.45) is 0 Å². The second-order valence-electron chi connectivity index (χ2n) is 4.08. The SMILES string of the molecule is N#CC1(Nc2ccc(Br)cc2)CCNCC1. The van der Waals surface area contributed by atoms with Gasteiger partial charge in [-0.15, -0.1) is 0 Å². The van der Waals surface area contributed by atoms with E-state index in [0.29, 0.717) is 0 Å². The molecule has 16 heavy (non-hydrogen) atoms. The van der Waals surface area contributed by atoms with Gasteiger partial charge in [-0.2, -0.15) is 5.26 Å². The topological polar surface area (TPSA) is 47.9 Å². The highest BCUT2D eigenvalue weighted by Crippen LogP contribution is 2.24. The van der Waals surface area contributed by atoms with E-state index in [4.69, 9.17) is 0 Å². The minimum absolute atomic E-state index is 0.404. The number of halogens is 1. The average molecular weight is 280 g/mol. The molecule has 0 aromatic heterocycles. The maximum atomic E-state index is 9.31. The predicted octanol–water partition coefficient (Wildman–Crippen LogP) is 2.51. The van der Waals surface area contributed by atoms with E-state index in [2.05, 4.69) is 32.6 Å². The Kier molecular flexibility index (Phi) is 3.47. The number of rotatable bonds is 2. The lowest BCUT2D eigenvalue weighted by Crippen LogP contribution is -2.46. The monoisotopic (exact) mass is 279 g/mol. The van der Waals surface area contributed by atoms with Crippen LogP contribution in [0.15, 0.2) is 28.7 Å². The molecular formula is C12H14BrN3. The summed E-state index contributed by atoms with van der Waals surface area (Å²) < 4.78 is 1.05. The zero-order valence-electron chi connectivity index (χ0n) is 8.96. The molecule has 1 heterocycles. The number of anilines is 1. The maximum absolute atomic E-state index is 9.31. The molecule has 1 aliphatic rings. The van der Waals surface area contributed by atoms with Gasteiger partial charge in [0.15, 0.2) is 0 Å². The molecular weight excluding hydrogens is 266 g/mol. The highest BCUT2D eigenvalue weighted by atomic mass is 79.9. The fourth-order valence-electron chi connectivity index (χ4n) is 1.93. The van der Waals surface area contributed by atoms with Crippen molar-refractivity contribution in [3.63, 3.8) is 0 Å². The standard InChI is InChI=1S/C12H14BrN3/c13-10-1-3-11(4-2-10)16-12(9-14)5-7-15-8-6-12/h1-4,15-16H,5-8H2. The summed E-state index contributed by atoms with van der Waals surface area (Å²) in [7, 11) is 0. The lowest BCUT2D eigenvalue weighted by molar-refractivity contribution is 0.409. The molecule has 84 valence electrons. The molecule has 0 aliphatic carbocycles. The summed E-state index contributed by atoms with van der Waals surface area (Å²) >= 11 is 3.40. The van der Waals surface area contributed by atoms with Crippen molar-refractivity contribution in [3.05, 3.63) is 28.7 Å². The molecule has 1 aliphatic heterocycles. The first-order chi connectivity index (χ1) is 7.74. The first kappa shape index (κ1) is 11.4.